The molecule has 0 radical (unpaired) electrons. The Balaban J connectivity index is 1.66. The van der Waals surface area contributed by atoms with Crippen LogP contribution in [0.1, 0.15) is 27.0 Å². The van der Waals surface area contributed by atoms with E-state index < -0.39 is 0 Å². The molecule has 0 unspecified atom stereocenters. The fraction of sp³-hybridized carbons (Fsp3) is 0.0952. The minimum Gasteiger partial charge on any atom is -0.494 e. The van der Waals surface area contributed by atoms with Crippen LogP contribution in [-0.2, 0) is 0 Å². The van der Waals surface area contributed by atoms with Crippen molar-refractivity contribution in [1.29, 1.82) is 0 Å². The number of thiophene rings is 1. The maximum absolute atomic E-state index is 12.7. The first-order chi connectivity index (χ1) is 14.1. The molecule has 2 amide bonds. The molecule has 3 N–H and O–H groups in total. The number of benzene rings is 2. The summed E-state index contributed by atoms with van der Waals surface area (Å²) in [5.74, 6) is 0.137. The number of ether oxygens (including phenoxy) is 1. The first-order valence-corrected chi connectivity index (χ1v) is 10.1. The van der Waals surface area contributed by atoms with E-state index in [4.69, 9.17) is 17.0 Å². The van der Waals surface area contributed by atoms with Crippen LogP contribution in [0.4, 0.5) is 11.4 Å². The predicted molar refractivity (Wildman–Crippen MR) is 120 cm³/mol. The van der Waals surface area contributed by atoms with Crippen molar-refractivity contribution in [2.24, 2.45) is 0 Å². The largest absolute Gasteiger partial charge is 0.494 e. The number of rotatable bonds is 6. The van der Waals surface area contributed by atoms with E-state index in [1.807, 2.05) is 12.3 Å². The van der Waals surface area contributed by atoms with E-state index >= 15 is 0 Å². The van der Waals surface area contributed by atoms with Crippen LogP contribution in [0.3, 0.4) is 0 Å². The summed E-state index contributed by atoms with van der Waals surface area (Å²) >= 11 is 6.54. The number of carbonyl (C=O) groups is 2. The molecule has 1 aromatic heterocycles. The zero-order chi connectivity index (χ0) is 20.6. The van der Waals surface area contributed by atoms with Crippen molar-refractivity contribution in [3.05, 3.63) is 76.5 Å². The highest BCUT2D eigenvalue weighted by Crippen LogP contribution is 2.20. The van der Waals surface area contributed by atoms with Gasteiger partial charge in [-0.2, -0.15) is 0 Å². The van der Waals surface area contributed by atoms with Crippen molar-refractivity contribution in [3.8, 4) is 5.75 Å². The van der Waals surface area contributed by atoms with Crippen LogP contribution >= 0.6 is 23.6 Å². The van der Waals surface area contributed by atoms with Crippen molar-refractivity contribution >= 4 is 51.9 Å². The molecule has 3 aromatic rings. The Morgan fingerprint density at radius 2 is 1.72 bits per heavy atom. The monoisotopic (exact) mass is 425 g/mol. The molecule has 0 bridgehead atoms. The Kier molecular flexibility index (Phi) is 6.94. The number of anilines is 2. The minimum absolute atomic E-state index is 0.115. The van der Waals surface area contributed by atoms with E-state index in [1.165, 1.54) is 11.3 Å². The maximum atomic E-state index is 12.7. The molecule has 29 heavy (non-hydrogen) atoms. The third-order valence-electron chi connectivity index (χ3n) is 3.82. The zero-order valence-electron chi connectivity index (χ0n) is 15.6. The van der Waals surface area contributed by atoms with Gasteiger partial charge in [0.25, 0.3) is 11.8 Å². The van der Waals surface area contributed by atoms with Crippen LogP contribution in [0.15, 0.2) is 66.0 Å². The van der Waals surface area contributed by atoms with E-state index in [1.54, 1.807) is 60.7 Å². The van der Waals surface area contributed by atoms with Gasteiger partial charge in [-0.1, -0.05) is 18.2 Å². The van der Waals surface area contributed by atoms with Crippen LogP contribution in [-0.4, -0.2) is 23.5 Å². The summed E-state index contributed by atoms with van der Waals surface area (Å²) in [4.78, 5) is 25.4. The molecule has 0 saturated carbocycles. The summed E-state index contributed by atoms with van der Waals surface area (Å²) in [6.07, 6.45) is 0. The maximum Gasteiger partial charge on any atom is 0.267 e. The van der Waals surface area contributed by atoms with Gasteiger partial charge < -0.3 is 15.4 Å². The minimum atomic E-state index is -0.301. The molecule has 0 spiro atoms. The number of hydrogen-bond acceptors (Lipinski definition) is 5. The number of carbonyl (C=O) groups excluding carboxylic acids is 2. The predicted octanol–water partition coefficient (Wildman–Crippen LogP) is 4.53. The van der Waals surface area contributed by atoms with Gasteiger partial charge in [0.2, 0.25) is 0 Å². The van der Waals surface area contributed by atoms with Gasteiger partial charge in [0.05, 0.1) is 22.7 Å². The first kappa shape index (κ1) is 20.5. The molecule has 0 saturated heterocycles. The van der Waals surface area contributed by atoms with Crippen molar-refractivity contribution in [1.82, 2.24) is 5.32 Å². The van der Waals surface area contributed by atoms with Crippen molar-refractivity contribution < 1.29 is 14.3 Å². The lowest BCUT2D eigenvalue weighted by atomic mass is 10.1. The molecule has 0 fully saturated rings. The number of hydrogen-bond donors (Lipinski definition) is 3. The molecule has 0 aliphatic carbocycles. The summed E-state index contributed by atoms with van der Waals surface area (Å²) < 4.78 is 5.40. The van der Waals surface area contributed by atoms with Crippen LogP contribution in [0.25, 0.3) is 0 Å². The quantitative estimate of drug-likeness (QED) is 0.506. The summed E-state index contributed by atoms with van der Waals surface area (Å²) in [5.41, 5.74) is 1.53. The molecule has 1 heterocycles. The lowest BCUT2D eigenvalue weighted by Gasteiger charge is -2.13. The molecule has 148 valence electrons. The van der Waals surface area contributed by atoms with Gasteiger partial charge in [-0.05, 0) is 67.0 Å². The van der Waals surface area contributed by atoms with Gasteiger partial charge in [0.1, 0.15) is 5.75 Å². The smallest absolute Gasteiger partial charge is 0.267 e. The van der Waals surface area contributed by atoms with Crippen LogP contribution in [0.5, 0.6) is 5.75 Å². The van der Waals surface area contributed by atoms with E-state index in [-0.39, 0.29) is 16.9 Å². The summed E-state index contributed by atoms with van der Waals surface area (Å²) in [5, 5.41) is 10.3. The molecule has 3 rings (SSSR count). The molecule has 0 aliphatic heterocycles. The highest BCUT2D eigenvalue weighted by Gasteiger charge is 2.14. The third kappa shape index (κ3) is 5.63. The molecule has 0 atom stereocenters. The molecule has 6 nitrogen and oxygen atoms in total. The van der Waals surface area contributed by atoms with E-state index in [9.17, 15) is 9.59 Å². The van der Waals surface area contributed by atoms with Crippen LogP contribution in [0.2, 0.25) is 0 Å². The standard InChI is InChI=1S/C21H19N3O3S2/c1-2-27-15-11-9-14(10-12-15)22-19(25)16-6-3-4-7-17(16)23-21(28)24-20(26)18-8-5-13-29-18/h3-13H,2H2,1H3,(H,22,25)(H2,23,24,26,28). The van der Waals surface area contributed by atoms with Crippen molar-refractivity contribution in [2.75, 3.05) is 17.2 Å². The second-order valence-corrected chi connectivity index (χ2v) is 7.20. The topological polar surface area (TPSA) is 79.5 Å². The SMILES string of the molecule is CCOc1ccc(NC(=O)c2ccccc2NC(=S)NC(=O)c2cccs2)cc1. The molecular formula is C21H19N3O3S2. The summed E-state index contributed by atoms with van der Waals surface area (Å²) in [6.45, 7) is 2.49. The van der Waals surface area contributed by atoms with Gasteiger partial charge in [0, 0.05) is 5.69 Å². The molecule has 0 aliphatic rings. The second kappa shape index (κ2) is 9.81. The van der Waals surface area contributed by atoms with Gasteiger partial charge in [-0.15, -0.1) is 11.3 Å². The summed E-state index contributed by atoms with van der Waals surface area (Å²) in [6, 6.07) is 17.5. The van der Waals surface area contributed by atoms with Crippen LogP contribution in [0, 0.1) is 0 Å². The lowest BCUT2D eigenvalue weighted by molar-refractivity contribution is 0.0980. The zero-order valence-corrected chi connectivity index (χ0v) is 17.2. The van der Waals surface area contributed by atoms with E-state index in [0.717, 1.165) is 5.75 Å². The molecular weight excluding hydrogens is 406 g/mol. The molecule has 8 heteroatoms. The fourth-order valence-electron chi connectivity index (χ4n) is 2.52. The normalized spacial score (nSPS) is 10.1. The number of amides is 2. The van der Waals surface area contributed by atoms with Gasteiger partial charge in [0.15, 0.2) is 5.11 Å². The Morgan fingerprint density at radius 1 is 0.966 bits per heavy atom. The van der Waals surface area contributed by atoms with Crippen molar-refractivity contribution in [2.45, 2.75) is 6.92 Å². The Bertz CT molecular complexity index is 1000. The van der Waals surface area contributed by atoms with Crippen LogP contribution < -0.4 is 20.7 Å². The summed E-state index contributed by atoms with van der Waals surface area (Å²) in [7, 11) is 0. The third-order valence-corrected chi connectivity index (χ3v) is 4.89. The number of para-hydroxylation sites is 1. The first-order valence-electron chi connectivity index (χ1n) is 8.86. The highest BCUT2D eigenvalue weighted by atomic mass is 32.1. The molecule has 2 aromatic carbocycles. The highest BCUT2D eigenvalue weighted by molar-refractivity contribution is 7.80. The average molecular weight is 426 g/mol. The van der Waals surface area contributed by atoms with Crippen molar-refractivity contribution in [3.63, 3.8) is 0 Å². The Morgan fingerprint density at radius 3 is 2.41 bits per heavy atom. The van der Waals surface area contributed by atoms with Gasteiger partial charge in [-0.3, -0.25) is 14.9 Å². The van der Waals surface area contributed by atoms with Gasteiger partial charge >= 0.3 is 0 Å². The van der Waals surface area contributed by atoms with E-state index in [0.29, 0.717) is 28.4 Å². The van der Waals surface area contributed by atoms with Gasteiger partial charge in [-0.25, -0.2) is 0 Å². The van der Waals surface area contributed by atoms with E-state index in [2.05, 4.69) is 16.0 Å². The Hall–Kier alpha value is -3.23. The second-order valence-electron chi connectivity index (χ2n) is 5.84. The number of thiocarbonyl (C=S) groups is 1. The number of nitrogens with one attached hydrogen (secondary N) is 3. The average Bonchev–Trinajstić information content (AvgIpc) is 3.25. The lowest BCUT2D eigenvalue weighted by Crippen LogP contribution is -2.34. The Labute approximate surface area is 177 Å². The fourth-order valence-corrected chi connectivity index (χ4v) is 3.34.